The molecule has 2 aliphatic rings. The number of amides is 1. The van der Waals surface area contributed by atoms with Gasteiger partial charge in [0.2, 0.25) is 10.0 Å². The predicted octanol–water partition coefficient (Wildman–Crippen LogP) is 0.716. The molecule has 1 amide bonds. The van der Waals surface area contributed by atoms with E-state index in [2.05, 4.69) is 0 Å². The number of nitrogens with zero attached hydrogens (tertiary/aromatic N) is 2. The molecule has 0 aliphatic carbocycles. The zero-order valence-corrected chi connectivity index (χ0v) is 15.8. The van der Waals surface area contributed by atoms with Crippen LogP contribution in [0.2, 0.25) is 0 Å². The summed E-state index contributed by atoms with van der Waals surface area (Å²) in [5, 5.41) is 0. The molecule has 1 atom stereocenters. The molecule has 0 spiro atoms. The van der Waals surface area contributed by atoms with Crippen LogP contribution in [0.3, 0.4) is 0 Å². The molecule has 1 aromatic rings. The number of sulfonamides is 1. The summed E-state index contributed by atoms with van der Waals surface area (Å²) in [7, 11) is -0.701. The summed E-state index contributed by atoms with van der Waals surface area (Å²) in [4.78, 5) is 14.2. The Balaban J connectivity index is 1.69. The van der Waals surface area contributed by atoms with Crippen LogP contribution >= 0.6 is 0 Å². The number of benzene rings is 1. The van der Waals surface area contributed by atoms with E-state index in [-0.39, 0.29) is 30.0 Å². The van der Waals surface area contributed by atoms with E-state index in [0.29, 0.717) is 31.2 Å². The van der Waals surface area contributed by atoms with Gasteiger partial charge in [-0.25, -0.2) is 8.42 Å². The molecule has 144 valence electrons. The average Bonchev–Trinajstić information content (AvgIpc) is 3.21. The van der Waals surface area contributed by atoms with E-state index in [0.717, 1.165) is 12.8 Å². The van der Waals surface area contributed by atoms with Gasteiger partial charge in [0.25, 0.3) is 5.91 Å². The fraction of sp³-hybridized carbons (Fsp3) is 0.588. The standard InChI is InChI=1S/C17H24N2O6S/c1-23-14-6-5-13(12-16(14)24-2)26(21,22)19-9-7-18(8-10-19)17(20)15-4-3-11-25-15/h5-6,12,15H,3-4,7-11H2,1-2H3/t15-/m0/s1. The molecule has 2 saturated heterocycles. The van der Waals surface area contributed by atoms with Crippen molar-refractivity contribution in [2.75, 3.05) is 47.0 Å². The third-order valence-electron chi connectivity index (χ3n) is 4.75. The Labute approximate surface area is 153 Å². The average molecular weight is 384 g/mol. The zero-order chi connectivity index (χ0) is 18.7. The Bertz CT molecular complexity index is 753. The van der Waals surface area contributed by atoms with Crippen molar-refractivity contribution in [2.24, 2.45) is 0 Å². The molecule has 0 aromatic heterocycles. The Morgan fingerprint density at radius 2 is 1.81 bits per heavy atom. The lowest BCUT2D eigenvalue weighted by Gasteiger charge is -2.35. The molecule has 1 aromatic carbocycles. The molecular formula is C17H24N2O6S. The van der Waals surface area contributed by atoms with E-state index >= 15 is 0 Å². The fourth-order valence-corrected chi connectivity index (χ4v) is 4.69. The van der Waals surface area contributed by atoms with E-state index in [1.54, 1.807) is 11.0 Å². The quantitative estimate of drug-likeness (QED) is 0.744. The minimum atomic E-state index is -3.66. The second-order valence-electron chi connectivity index (χ2n) is 6.25. The SMILES string of the molecule is COc1ccc(S(=O)(=O)N2CCN(C(=O)[C@@H]3CCCO3)CC2)cc1OC. The number of rotatable bonds is 5. The van der Waals surface area contributed by atoms with Gasteiger partial charge in [-0.1, -0.05) is 0 Å². The van der Waals surface area contributed by atoms with Crippen molar-refractivity contribution >= 4 is 15.9 Å². The third kappa shape index (κ3) is 3.65. The van der Waals surface area contributed by atoms with Crippen molar-refractivity contribution in [3.63, 3.8) is 0 Å². The summed E-state index contributed by atoms with van der Waals surface area (Å²) < 4.78 is 42.9. The summed E-state index contributed by atoms with van der Waals surface area (Å²) in [5.41, 5.74) is 0. The Morgan fingerprint density at radius 3 is 2.38 bits per heavy atom. The van der Waals surface area contributed by atoms with Gasteiger partial charge in [0.1, 0.15) is 6.10 Å². The molecule has 0 saturated carbocycles. The largest absolute Gasteiger partial charge is 0.493 e. The minimum absolute atomic E-state index is 0.0364. The zero-order valence-electron chi connectivity index (χ0n) is 15.0. The van der Waals surface area contributed by atoms with E-state index in [9.17, 15) is 13.2 Å². The highest BCUT2D eigenvalue weighted by molar-refractivity contribution is 7.89. The first kappa shape index (κ1) is 18.9. The highest BCUT2D eigenvalue weighted by Gasteiger charge is 2.34. The first-order chi connectivity index (χ1) is 12.5. The fourth-order valence-electron chi connectivity index (χ4n) is 3.25. The first-order valence-electron chi connectivity index (χ1n) is 8.60. The van der Waals surface area contributed by atoms with Gasteiger partial charge in [-0.2, -0.15) is 4.31 Å². The van der Waals surface area contributed by atoms with Crippen molar-refractivity contribution in [3.05, 3.63) is 18.2 Å². The van der Waals surface area contributed by atoms with Crippen LogP contribution in [0.4, 0.5) is 0 Å². The van der Waals surface area contributed by atoms with Gasteiger partial charge < -0.3 is 19.1 Å². The molecule has 9 heteroatoms. The van der Waals surface area contributed by atoms with Crippen molar-refractivity contribution < 1.29 is 27.4 Å². The molecule has 0 unspecified atom stereocenters. The second-order valence-corrected chi connectivity index (χ2v) is 8.19. The maximum Gasteiger partial charge on any atom is 0.251 e. The van der Waals surface area contributed by atoms with Crippen molar-refractivity contribution in [1.82, 2.24) is 9.21 Å². The van der Waals surface area contributed by atoms with Crippen LogP contribution in [0.1, 0.15) is 12.8 Å². The third-order valence-corrected chi connectivity index (χ3v) is 6.64. The maximum atomic E-state index is 12.9. The van der Waals surface area contributed by atoms with Crippen molar-refractivity contribution in [3.8, 4) is 11.5 Å². The van der Waals surface area contributed by atoms with E-state index in [1.165, 1.54) is 30.7 Å². The van der Waals surface area contributed by atoms with Gasteiger partial charge in [-0.05, 0) is 25.0 Å². The Kier molecular flexibility index (Phi) is 5.69. The predicted molar refractivity (Wildman–Crippen MR) is 93.9 cm³/mol. The molecule has 0 N–H and O–H groups in total. The normalized spacial score (nSPS) is 21.6. The van der Waals surface area contributed by atoms with Gasteiger partial charge in [-0.3, -0.25) is 4.79 Å². The topological polar surface area (TPSA) is 85.4 Å². The first-order valence-corrected chi connectivity index (χ1v) is 10.0. The summed E-state index contributed by atoms with van der Waals surface area (Å²) in [5.74, 6) is 0.796. The molecular weight excluding hydrogens is 360 g/mol. The van der Waals surface area contributed by atoms with E-state index < -0.39 is 10.0 Å². The van der Waals surface area contributed by atoms with Crippen molar-refractivity contribution in [1.29, 1.82) is 0 Å². The molecule has 2 aliphatic heterocycles. The molecule has 3 rings (SSSR count). The van der Waals surface area contributed by atoms with Crippen LogP contribution < -0.4 is 9.47 Å². The van der Waals surface area contributed by atoms with Crippen LogP contribution in [0.15, 0.2) is 23.1 Å². The lowest BCUT2D eigenvalue weighted by Crippen LogP contribution is -2.52. The van der Waals surface area contributed by atoms with Gasteiger partial charge in [0.05, 0.1) is 19.1 Å². The second kappa shape index (κ2) is 7.81. The number of piperazine rings is 1. The van der Waals surface area contributed by atoms with Crippen LogP contribution in [-0.2, 0) is 19.6 Å². The molecule has 0 bridgehead atoms. The highest BCUT2D eigenvalue weighted by Crippen LogP contribution is 2.31. The molecule has 26 heavy (non-hydrogen) atoms. The summed E-state index contributed by atoms with van der Waals surface area (Å²) >= 11 is 0. The van der Waals surface area contributed by atoms with E-state index in [1.807, 2.05) is 0 Å². The number of carbonyl (C=O) groups excluding carboxylic acids is 1. The summed E-state index contributed by atoms with van der Waals surface area (Å²) in [6.07, 6.45) is 1.26. The number of hydrogen-bond donors (Lipinski definition) is 0. The monoisotopic (exact) mass is 384 g/mol. The van der Waals surface area contributed by atoms with Crippen LogP contribution in [-0.4, -0.2) is 76.6 Å². The van der Waals surface area contributed by atoms with Crippen LogP contribution in [0, 0.1) is 0 Å². The Morgan fingerprint density at radius 1 is 1.12 bits per heavy atom. The molecule has 2 fully saturated rings. The maximum absolute atomic E-state index is 12.9. The lowest BCUT2D eigenvalue weighted by atomic mass is 10.2. The minimum Gasteiger partial charge on any atom is -0.493 e. The summed E-state index contributed by atoms with van der Waals surface area (Å²) in [6, 6.07) is 4.53. The van der Waals surface area contributed by atoms with Gasteiger partial charge in [-0.15, -0.1) is 0 Å². The number of ether oxygens (including phenoxy) is 3. The Hall–Kier alpha value is -1.84. The number of carbonyl (C=O) groups is 1. The van der Waals surface area contributed by atoms with Gasteiger partial charge >= 0.3 is 0 Å². The smallest absolute Gasteiger partial charge is 0.251 e. The number of methoxy groups -OCH3 is 2. The molecule has 0 radical (unpaired) electrons. The van der Waals surface area contributed by atoms with E-state index in [4.69, 9.17) is 14.2 Å². The van der Waals surface area contributed by atoms with Crippen LogP contribution in [0.5, 0.6) is 11.5 Å². The highest BCUT2D eigenvalue weighted by atomic mass is 32.2. The van der Waals surface area contributed by atoms with Crippen LogP contribution in [0.25, 0.3) is 0 Å². The molecule has 8 nitrogen and oxygen atoms in total. The summed E-state index contributed by atoms with van der Waals surface area (Å²) in [6.45, 7) is 1.87. The number of hydrogen-bond acceptors (Lipinski definition) is 6. The lowest BCUT2D eigenvalue weighted by molar-refractivity contribution is -0.142. The molecule has 2 heterocycles. The van der Waals surface area contributed by atoms with Gasteiger partial charge in [0, 0.05) is 38.9 Å². The van der Waals surface area contributed by atoms with Gasteiger partial charge in [0.15, 0.2) is 11.5 Å². The van der Waals surface area contributed by atoms with Crippen molar-refractivity contribution in [2.45, 2.75) is 23.8 Å².